The SMILES string of the molecule is O=S(=O)(NC1CCCCC1)c1ccc(N=Cc2ccc(Br)cc2)cc1. The molecule has 6 heteroatoms. The summed E-state index contributed by atoms with van der Waals surface area (Å²) in [5, 5.41) is 0. The number of sulfonamides is 1. The molecule has 1 aliphatic rings. The normalized spacial score (nSPS) is 16.4. The van der Waals surface area contributed by atoms with Crippen molar-refractivity contribution < 1.29 is 8.42 Å². The van der Waals surface area contributed by atoms with E-state index in [0.29, 0.717) is 4.90 Å². The van der Waals surface area contributed by atoms with Gasteiger partial charge in [-0.15, -0.1) is 0 Å². The summed E-state index contributed by atoms with van der Waals surface area (Å²) in [6.07, 6.45) is 7.00. The molecule has 0 saturated heterocycles. The van der Waals surface area contributed by atoms with Gasteiger partial charge in [-0.05, 0) is 54.8 Å². The van der Waals surface area contributed by atoms with Crippen molar-refractivity contribution in [3.63, 3.8) is 0 Å². The highest BCUT2D eigenvalue weighted by Gasteiger charge is 2.21. The van der Waals surface area contributed by atoms with E-state index in [1.54, 1.807) is 30.5 Å². The molecule has 1 N–H and O–H groups in total. The number of aliphatic imine (C=N–C) groups is 1. The van der Waals surface area contributed by atoms with Crippen LogP contribution in [-0.4, -0.2) is 20.7 Å². The van der Waals surface area contributed by atoms with Crippen LogP contribution in [0, 0.1) is 0 Å². The van der Waals surface area contributed by atoms with Gasteiger partial charge < -0.3 is 0 Å². The van der Waals surface area contributed by atoms with Gasteiger partial charge in [-0.25, -0.2) is 13.1 Å². The molecule has 132 valence electrons. The summed E-state index contributed by atoms with van der Waals surface area (Å²) in [4.78, 5) is 4.68. The summed E-state index contributed by atoms with van der Waals surface area (Å²) in [6.45, 7) is 0. The second kappa shape index (κ2) is 8.25. The molecule has 0 bridgehead atoms. The molecule has 1 aliphatic carbocycles. The van der Waals surface area contributed by atoms with Crippen LogP contribution >= 0.6 is 15.9 Å². The molecule has 0 radical (unpaired) electrons. The average molecular weight is 421 g/mol. The Kier molecular flexibility index (Phi) is 6.04. The maximum Gasteiger partial charge on any atom is 0.240 e. The minimum atomic E-state index is -3.46. The number of rotatable bonds is 5. The molecule has 0 unspecified atom stereocenters. The van der Waals surface area contributed by atoms with Gasteiger partial charge in [-0.1, -0.05) is 47.3 Å². The Labute approximate surface area is 157 Å². The molecule has 0 aliphatic heterocycles. The summed E-state index contributed by atoms with van der Waals surface area (Å²) in [5.41, 5.74) is 1.71. The highest BCUT2D eigenvalue weighted by Crippen LogP contribution is 2.21. The summed E-state index contributed by atoms with van der Waals surface area (Å²) in [7, 11) is -3.46. The summed E-state index contributed by atoms with van der Waals surface area (Å²) >= 11 is 3.40. The van der Waals surface area contributed by atoms with Crippen molar-refractivity contribution in [2.45, 2.75) is 43.0 Å². The fourth-order valence-electron chi connectivity index (χ4n) is 2.92. The van der Waals surface area contributed by atoms with E-state index in [9.17, 15) is 8.42 Å². The molecule has 2 aromatic rings. The van der Waals surface area contributed by atoms with Crippen LogP contribution in [-0.2, 0) is 10.0 Å². The van der Waals surface area contributed by atoms with Crippen molar-refractivity contribution >= 4 is 37.9 Å². The molecule has 0 amide bonds. The highest BCUT2D eigenvalue weighted by atomic mass is 79.9. The first-order chi connectivity index (χ1) is 12.0. The van der Waals surface area contributed by atoms with E-state index in [1.807, 2.05) is 24.3 Å². The first-order valence-corrected chi connectivity index (χ1v) is 10.7. The minimum absolute atomic E-state index is 0.0638. The first-order valence-electron chi connectivity index (χ1n) is 8.45. The van der Waals surface area contributed by atoms with Crippen LogP contribution < -0.4 is 4.72 Å². The summed E-state index contributed by atoms with van der Waals surface area (Å²) < 4.78 is 28.8. The van der Waals surface area contributed by atoms with E-state index in [1.165, 1.54) is 6.42 Å². The molecule has 25 heavy (non-hydrogen) atoms. The van der Waals surface area contributed by atoms with E-state index in [-0.39, 0.29) is 6.04 Å². The van der Waals surface area contributed by atoms with Gasteiger partial charge in [0.1, 0.15) is 0 Å². The molecule has 0 spiro atoms. The van der Waals surface area contributed by atoms with Crippen LogP contribution in [0.15, 0.2) is 62.9 Å². The predicted octanol–water partition coefficient (Wildman–Crippen LogP) is 4.81. The predicted molar refractivity (Wildman–Crippen MR) is 105 cm³/mol. The van der Waals surface area contributed by atoms with Gasteiger partial charge in [-0.2, -0.15) is 0 Å². The zero-order chi connectivity index (χ0) is 17.7. The third-order valence-corrected chi connectivity index (χ3v) is 6.37. The third kappa shape index (κ3) is 5.23. The van der Waals surface area contributed by atoms with E-state index >= 15 is 0 Å². The molecule has 1 saturated carbocycles. The van der Waals surface area contributed by atoms with Gasteiger partial charge in [0, 0.05) is 16.7 Å². The zero-order valence-corrected chi connectivity index (χ0v) is 16.3. The molecular formula is C19H21BrN2O2S. The quantitative estimate of drug-likeness (QED) is 0.705. The van der Waals surface area contributed by atoms with Crippen molar-refractivity contribution in [2.24, 2.45) is 4.99 Å². The Balaban J connectivity index is 1.67. The third-order valence-electron chi connectivity index (χ3n) is 4.31. The summed E-state index contributed by atoms with van der Waals surface area (Å²) in [5.74, 6) is 0. The highest BCUT2D eigenvalue weighted by molar-refractivity contribution is 9.10. The minimum Gasteiger partial charge on any atom is -0.256 e. The zero-order valence-electron chi connectivity index (χ0n) is 13.9. The maximum absolute atomic E-state index is 12.5. The Morgan fingerprint density at radius 1 is 0.960 bits per heavy atom. The van der Waals surface area contributed by atoms with Gasteiger partial charge >= 0.3 is 0 Å². The smallest absolute Gasteiger partial charge is 0.240 e. The molecule has 4 nitrogen and oxygen atoms in total. The molecule has 1 fully saturated rings. The molecular weight excluding hydrogens is 400 g/mol. The number of hydrogen-bond acceptors (Lipinski definition) is 3. The van der Waals surface area contributed by atoms with Crippen LogP contribution in [0.5, 0.6) is 0 Å². The lowest BCUT2D eigenvalue weighted by molar-refractivity contribution is 0.412. The van der Waals surface area contributed by atoms with Gasteiger partial charge in [0.05, 0.1) is 10.6 Å². The monoisotopic (exact) mass is 420 g/mol. The van der Waals surface area contributed by atoms with Crippen molar-refractivity contribution in [1.29, 1.82) is 0 Å². The number of nitrogens with zero attached hydrogens (tertiary/aromatic N) is 1. The van der Waals surface area contributed by atoms with E-state index in [4.69, 9.17) is 0 Å². The second-order valence-corrected chi connectivity index (χ2v) is 8.89. The van der Waals surface area contributed by atoms with Crippen molar-refractivity contribution in [3.8, 4) is 0 Å². The fourth-order valence-corrected chi connectivity index (χ4v) is 4.49. The van der Waals surface area contributed by atoms with Crippen molar-refractivity contribution in [3.05, 3.63) is 58.6 Å². The standard InChI is InChI=1S/C19H21BrN2O2S/c20-16-8-6-15(7-9-16)14-21-17-10-12-19(13-11-17)25(23,24)22-18-4-2-1-3-5-18/h6-14,18,22H,1-5H2. The molecule has 0 heterocycles. The first kappa shape index (κ1) is 18.3. The van der Waals surface area contributed by atoms with Crippen LogP contribution in [0.25, 0.3) is 0 Å². The number of halogens is 1. The Bertz CT molecular complexity index is 825. The number of hydrogen-bond donors (Lipinski definition) is 1. The number of benzene rings is 2. The lowest BCUT2D eigenvalue weighted by Gasteiger charge is -2.22. The molecule has 3 rings (SSSR count). The van der Waals surface area contributed by atoms with Gasteiger partial charge in [0.2, 0.25) is 10.0 Å². The van der Waals surface area contributed by atoms with E-state index in [2.05, 4.69) is 25.6 Å². The van der Waals surface area contributed by atoms with E-state index in [0.717, 1.165) is 41.4 Å². The Morgan fingerprint density at radius 3 is 2.24 bits per heavy atom. The Morgan fingerprint density at radius 2 is 1.60 bits per heavy atom. The topological polar surface area (TPSA) is 58.5 Å². The lowest BCUT2D eigenvalue weighted by atomic mass is 9.96. The number of nitrogens with one attached hydrogen (secondary N) is 1. The van der Waals surface area contributed by atoms with Gasteiger partial charge in [0.25, 0.3) is 0 Å². The van der Waals surface area contributed by atoms with Gasteiger partial charge in [-0.3, -0.25) is 4.99 Å². The van der Waals surface area contributed by atoms with E-state index < -0.39 is 10.0 Å². The summed E-state index contributed by atoms with van der Waals surface area (Å²) in [6, 6.07) is 14.6. The van der Waals surface area contributed by atoms with Crippen LogP contribution in [0.1, 0.15) is 37.7 Å². The van der Waals surface area contributed by atoms with Crippen molar-refractivity contribution in [2.75, 3.05) is 0 Å². The molecule has 0 atom stereocenters. The molecule has 0 aromatic heterocycles. The van der Waals surface area contributed by atoms with Crippen LogP contribution in [0.3, 0.4) is 0 Å². The van der Waals surface area contributed by atoms with Gasteiger partial charge in [0.15, 0.2) is 0 Å². The van der Waals surface area contributed by atoms with Crippen LogP contribution in [0.2, 0.25) is 0 Å². The lowest BCUT2D eigenvalue weighted by Crippen LogP contribution is -2.36. The second-order valence-electron chi connectivity index (χ2n) is 6.26. The Hall–Kier alpha value is -1.50. The van der Waals surface area contributed by atoms with Crippen molar-refractivity contribution in [1.82, 2.24) is 4.72 Å². The largest absolute Gasteiger partial charge is 0.256 e. The maximum atomic E-state index is 12.5. The van der Waals surface area contributed by atoms with Crippen LogP contribution in [0.4, 0.5) is 5.69 Å². The fraction of sp³-hybridized carbons (Fsp3) is 0.316. The average Bonchev–Trinajstić information content (AvgIpc) is 2.62. The molecule has 2 aromatic carbocycles.